The molecule has 15 heavy (non-hydrogen) atoms. The van der Waals surface area contributed by atoms with Crippen molar-refractivity contribution in [3.05, 3.63) is 28.5 Å². The van der Waals surface area contributed by atoms with E-state index in [-0.39, 0.29) is 5.78 Å². The third-order valence-electron chi connectivity index (χ3n) is 2.27. The number of nitrogens with zero attached hydrogens (tertiary/aromatic N) is 1. The number of rotatable bonds is 6. The second kappa shape index (κ2) is 6.72. The molecule has 3 heteroatoms. The second-order valence-corrected chi connectivity index (χ2v) is 4.51. The van der Waals surface area contributed by atoms with Gasteiger partial charge in [0.2, 0.25) is 0 Å². The highest BCUT2D eigenvalue weighted by molar-refractivity contribution is 9.10. The molecule has 0 aromatic carbocycles. The van der Waals surface area contributed by atoms with Crippen molar-refractivity contribution < 1.29 is 4.79 Å². The predicted octanol–water partition coefficient (Wildman–Crippen LogP) is 4.00. The van der Waals surface area contributed by atoms with Crippen molar-refractivity contribution in [2.24, 2.45) is 0 Å². The largest absolute Gasteiger partial charge is 0.292 e. The molecule has 1 rings (SSSR count). The molecule has 0 aliphatic carbocycles. The number of hydrogen-bond acceptors (Lipinski definition) is 2. The molecule has 0 atom stereocenters. The topological polar surface area (TPSA) is 30.0 Å². The minimum absolute atomic E-state index is 0.151. The van der Waals surface area contributed by atoms with Gasteiger partial charge in [0.1, 0.15) is 5.69 Å². The van der Waals surface area contributed by atoms with Crippen LogP contribution in [0.15, 0.2) is 22.8 Å². The molecule has 0 spiro atoms. The fourth-order valence-corrected chi connectivity index (χ4v) is 1.62. The van der Waals surface area contributed by atoms with Crippen molar-refractivity contribution in [1.82, 2.24) is 4.98 Å². The van der Waals surface area contributed by atoms with Crippen LogP contribution < -0.4 is 0 Å². The smallest absolute Gasteiger partial charge is 0.181 e. The molecule has 0 bridgehead atoms. The molecule has 0 fully saturated rings. The Labute approximate surface area is 99.2 Å². The van der Waals surface area contributed by atoms with Crippen LogP contribution >= 0.6 is 15.9 Å². The SMILES string of the molecule is CCCCCCC(=O)c1ccc(Br)cn1. The Morgan fingerprint density at radius 3 is 2.73 bits per heavy atom. The normalized spacial score (nSPS) is 10.3. The summed E-state index contributed by atoms with van der Waals surface area (Å²) in [6.07, 6.45) is 6.81. The first kappa shape index (κ1) is 12.4. The molecule has 0 aliphatic rings. The molecule has 0 amide bonds. The number of hydrogen-bond donors (Lipinski definition) is 0. The van der Waals surface area contributed by atoms with Gasteiger partial charge in [0.15, 0.2) is 5.78 Å². The number of unbranched alkanes of at least 4 members (excludes halogenated alkanes) is 3. The number of halogens is 1. The summed E-state index contributed by atoms with van der Waals surface area (Å²) in [6.45, 7) is 2.16. The first-order valence-electron chi connectivity index (χ1n) is 5.38. The quantitative estimate of drug-likeness (QED) is 0.577. The van der Waals surface area contributed by atoms with Crippen molar-refractivity contribution in [2.75, 3.05) is 0 Å². The van der Waals surface area contributed by atoms with E-state index in [0.29, 0.717) is 12.1 Å². The van der Waals surface area contributed by atoms with Gasteiger partial charge in [-0.05, 0) is 34.5 Å². The lowest BCUT2D eigenvalue weighted by Gasteiger charge is -2.00. The maximum atomic E-state index is 11.6. The lowest BCUT2D eigenvalue weighted by atomic mass is 10.1. The van der Waals surface area contributed by atoms with Crippen LogP contribution in [0.4, 0.5) is 0 Å². The first-order valence-corrected chi connectivity index (χ1v) is 6.18. The van der Waals surface area contributed by atoms with Gasteiger partial charge in [-0.25, -0.2) is 0 Å². The van der Waals surface area contributed by atoms with Crippen LogP contribution in [0.25, 0.3) is 0 Å². The van der Waals surface area contributed by atoms with E-state index in [1.807, 2.05) is 6.07 Å². The van der Waals surface area contributed by atoms with Crippen LogP contribution in [0.2, 0.25) is 0 Å². The number of Topliss-reactive ketones (excluding diaryl/α,β-unsaturated/α-hetero) is 1. The van der Waals surface area contributed by atoms with Gasteiger partial charge in [-0.1, -0.05) is 26.2 Å². The zero-order chi connectivity index (χ0) is 11.1. The van der Waals surface area contributed by atoms with E-state index in [2.05, 4.69) is 27.8 Å². The molecule has 0 saturated heterocycles. The molecule has 0 aliphatic heterocycles. The molecule has 0 N–H and O–H groups in total. The minimum atomic E-state index is 0.151. The van der Waals surface area contributed by atoms with Crippen LogP contribution in [0.1, 0.15) is 49.5 Å². The van der Waals surface area contributed by atoms with Gasteiger partial charge in [0, 0.05) is 17.1 Å². The monoisotopic (exact) mass is 269 g/mol. The van der Waals surface area contributed by atoms with Crippen LogP contribution in [0, 0.1) is 0 Å². The van der Waals surface area contributed by atoms with E-state index in [1.165, 1.54) is 12.8 Å². The zero-order valence-corrected chi connectivity index (χ0v) is 10.6. The highest BCUT2D eigenvalue weighted by Gasteiger charge is 2.06. The van der Waals surface area contributed by atoms with E-state index in [4.69, 9.17) is 0 Å². The highest BCUT2D eigenvalue weighted by atomic mass is 79.9. The average Bonchev–Trinajstić information content (AvgIpc) is 2.25. The highest BCUT2D eigenvalue weighted by Crippen LogP contribution is 2.11. The molecule has 1 aromatic heterocycles. The Morgan fingerprint density at radius 1 is 1.33 bits per heavy atom. The molecular formula is C12H16BrNO. The van der Waals surface area contributed by atoms with Crippen molar-refractivity contribution in [3.8, 4) is 0 Å². The van der Waals surface area contributed by atoms with Gasteiger partial charge in [-0.2, -0.15) is 0 Å². The molecule has 0 unspecified atom stereocenters. The average molecular weight is 270 g/mol. The van der Waals surface area contributed by atoms with E-state index >= 15 is 0 Å². The second-order valence-electron chi connectivity index (χ2n) is 3.60. The molecule has 1 aromatic rings. The summed E-state index contributed by atoms with van der Waals surface area (Å²) < 4.78 is 0.907. The summed E-state index contributed by atoms with van der Waals surface area (Å²) in [7, 11) is 0. The maximum absolute atomic E-state index is 11.6. The van der Waals surface area contributed by atoms with Crippen LogP contribution in [-0.4, -0.2) is 10.8 Å². The van der Waals surface area contributed by atoms with Gasteiger partial charge in [0.25, 0.3) is 0 Å². The van der Waals surface area contributed by atoms with Crippen LogP contribution in [0.5, 0.6) is 0 Å². The lowest BCUT2D eigenvalue weighted by molar-refractivity contribution is 0.0974. The fraction of sp³-hybridized carbons (Fsp3) is 0.500. The minimum Gasteiger partial charge on any atom is -0.292 e. The van der Waals surface area contributed by atoms with Crippen LogP contribution in [-0.2, 0) is 0 Å². The number of ketones is 1. The van der Waals surface area contributed by atoms with Gasteiger partial charge >= 0.3 is 0 Å². The van der Waals surface area contributed by atoms with E-state index in [1.54, 1.807) is 12.3 Å². The van der Waals surface area contributed by atoms with Gasteiger partial charge < -0.3 is 0 Å². The lowest BCUT2D eigenvalue weighted by Crippen LogP contribution is -2.01. The summed E-state index contributed by atoms with van der Waals surface area (Å²) in [4.78, 5) is 15.7. The van der Waals surface area contributed by atoms with Gasteiger partial charge in [-0.3, -0.25) is 9.78 Å². The molecule has 82 valence electrons. The summed E-state index contributed by atoms with van der Waals surface area (Å²) in [5.41, 5.74) is 0.578. The summed E-state index contributed by atoms with van der Waals surface area (Å²) in [5, 5.41) is 0. The molecule has 2 nitrogen and oxygen atoms in total. The standard InChI is InChI=1S/C12H16BrNO/c1-2-3-4-5-6-12(15)11-8-7-10(13)9-14-11/h7-9H,2-6H2,1H3. The number of pyridine rings is 1. The summed E-state index contributed by atoms with van der Waals surface area (Å²) >= 11 is 3.29. The van der Waals surface area contributed by atoms with Crippen molar-refractivity contribution in [2.45, 2.75) is 39.0 Å². The molecule has 1 heterocycles. The number of carbonyl (C=O) groups excluding carboxylic acids is 1. The van der Waals surface area contributed by atoms with Crippen molar-refractivity contribution in [3.63, 3.8) is 0 Å². The third-order valence-corrected chi connectivity index (χ3v) is 2.74. The molecular weight excluding hydrogens is 254 g/mol. The van der Waals surface area contributed by atoms with E-state index in [9.17, 15) is 4.79 Å². The van der Waals surface area contributed by atoms with Crippen molar-refractivity contribution in [1.29, 1.82) is 0 Å². The van der Waals surface area contributed by atoms with E-state index < -0.39 is 0 Å². The summed E-state index contributed by atoms with van der Waals surface area (Å²) in [5.74, 6) is 0.151. The Balaban J connectivity index is 2.37. The van der Waals surface area contributed by atoms with Crippen LogP contribution in [0.3, 0.4) is 0 Å². The third kappa shape index (κ3) is 4.56. The predicted molar refractivity (Wildman–Crippen MR) is 65.0 cm³/mol. The Kier molecular flexibility index (Phi) is 5.54. The molecule has 0 saturated carbocycles. The Morgan fingerprint density at radius 2 is 2.13 bits per heavy atom. The van der Waals surface area contributed by atoms with Gasteiger partial charge in [0.05, 0.1) is 0 Å². The Bertz CT molecular complexity index is 308. The summed E-state index contributed by atoms with van der Waals surface area (Å²) in [6, 6.07) is 3.62. The fourth-order valence-electron chi connectivity index (χ4n) is 1.38. The molecule has 0 radical (unpaired) electrons. The van der Waals surface area contributed by atoms with E-state index in [0.717, 1.165) is 17.3 Å². The van der Waals surface area contributed by atoms with Gasteiger partial charge in [-0.15, -0.1) is 0 Å². The number of aromatic nitrogens is 1. The van der Waals surface area contributed by atoms with Crippen molar-refractivity contribution >= 4 is 21.7 Å². The Hall–Kier alpha value is -0.700. The zero-order valence-electron chi connectivity index (χ0n) is 9.00. The number of carbonyl (C=O) groups is 1. The first-order chi connectivity index (χ1) is 7.24. The maximum Gasteiger partial charge on any atom is 0.181 e.